The molecule has 9 nitrogen and oxygen atoms in total. The molecule has 0 spiro atoms. The molecule has 0 aromatic rings. The van der Waals surface area contributed by atoms with Gasteiger partial charge in [0.25, 0.3) is 0 Å². The van der Waals surface area contributed by atoms with Crippen LogP contribution in [0.2, 0.25) is 0 Å². The molecule has 1 saturated heterocycles. The minimum atomic E-state index is -1.55. The zero-order chi connectivity index (χ0) is 60.0. The maximum absolute atomic E-state index is 13.1. The van der Waals surface area contributed by atoms with E-state index in [-0.39, 0.29) is 12.5 Å². The summed E-state index contributed by atoms with van der Waals surface area (Å²) < 4.78 is 11.4. The summed E-state index contributed by atoms with van der Waals surface area (Å²) in [5, 5.41) is 54.9. The monoisotopic (exact) mass is 1170 g/mol. The zero-order valence-electron chi connectivity index (χ0n) is 54.5. The third-order valence-electron chi connectivity index (χ3n) is 17.1. The van der Waals surface area contributed by atoms with E-state index >= 15 is 0 Å². The number of rotatable bonds is 63. The van der Waals surface area contributed by atoms with E-state index in [4.69, 9.17) is 9.47 Å². The average Bonchev–Trinajstić information content (AvgIpc) is 3.61. The molecule has 0 radical (unpaired) electrons. The number of allylic oxidation sites excluding steroid dienone is 10. The highest BCUT2D eigenvalue weighted by molar-refractivity contribution is 5.76. The Morgan fingerprint density at radius 2 is 0.747 bits per heavy atom. The van der Waals surface area contributed by atoms with Crippen molar-refractivity contribution in [1.82, 2.24) is 5.32 Å². The molecule has 0 aromatic heterocycles. The molecule has 1 fully saturated rings. The molecule has 1 heterocycles. The second-order valence-corrected chi connectivity index (χ2v) is 25.0. The topological polar surface area (TPSA) is 149 Å². The van der Waals surface area contributed by atoms with Crippen LogP contribution in [0.1, 0.15) is 348 Å². The minimum Gasteiger partial charge on any atom is -0.394 e. The van der Waals surface area contributed by atoms with Gasteiger partial charge in [0, 0.05) is 6.42 Å². The molecule has 1 aliphatic heterocycles. The van der Waals surface area contributed by atoms with Gasteiger partial charge in [0.2, 0.25) is 5.91 Å². The van der Waals surface area contributed by atoms with Crippen molar-refractivity contribution in [2.75, 3.05) is 13.2 Å². The van der Waals surface area contributed by atoms with E-state index in [0.29, 0.717) is 12.8 Å². The van der Waals surface area contributed by atoms with Gasteiger partial charge in [-0.1, -0.05) is 344 Å². The fourth-order valence-corrected chi connectivity index (χ4v) is 11.5. The second-order valence-electron chi connectivity index (χ2n) is 25.0. The standard InChI is InChI=1S/C74H137NO8/c1-3-5-7-9-11-13-15-17-19-21-23-24-25-26-27-28-29-30-31-32-33-34-35-36-37-38-39-40-41-42-43-44-46-48-50-52-54-56-58-60-62-64-70(78)75-67(66-82-74-73(81)72(80)71(79)69(65-76)83-74)68(77)63-61-59-57-55-53-51-49-47-45-22-20-18-16-14-12-10-8-6-4-2/h5,7,11,13,17,19,23-24,26-27,67-69,71-74,76-77,79-81H,3-4,6,8-10,12,14-16,18,20-22,25,28-66H2,1-2H3,(H,75,78)/b7-5-,13-11-,19-17-,24-23-,27-26-. The number of hydrogen-bond acceptors (Lipinski definition) is 8. The summed E-state index contributed by atoms with van der Waals surface area (Å²) in [5.41, 5.74) is 0. The van der Waals surface area contributed by atoms with Crippen LogP contribution < -0.4 is 5.32 Å². The molecule has 1 rings (SSSR count). The lowest BCUT2D eigenvalue weighted by atomic mass is 9.99. The highest BCUT2D eigenvalue weighted by Crippen LogP contribution is 2.24. The van der Waals surface area contributed by atoms with Crippen LogP contribution in [0, 0.1) is 0 Å². The third-order valence-corrected chi connectivity index (χ3v) is 17.1. The quantitative estimate of drug-likeness (QED) is 0.0261. The van der Waals surface area contributed by atoms with Crippen LogP contribution in [0.25, 0.3) is 0 Å². The lowest BCUT2D eigenvalue weighted by molar-refractivity contribution is -0.302. The summed E-state index contributed by atoms with van der Waals surface area (Å²) in [4.78, 5) is 13.1. The Morgan fingerprint density at radius 3 is 1.11 bits per heavy atom. The first-order valence-electron chi connectivity index (χ1n) is 36.0. The molecule has 7 atom stereocenters. The van der Waals surface area contributed by atoms with Crippen molar-refractivity contribution in [2.24, 2.45) is 0 Å². The average molecular weight is 1170 g/mol. The van der Waals surface area contributed by atoms with Crippen molar-refractivity contribution in [3.8, 4) is 0 Å². The van der Waals surface area contributed by atoms with Gasteiger partial charge in [0.15, 0.2) is 6.29 Å². The normalized spacial score (nSPS) is 18.6. The van der Waals surface area contributed by atoms with Crippen molar-refractivity contribution in [1.29, 1.82) is 0 Å². The summed E-state index contributed by atoms with van der Waals surface area (Å²) in [6.45, 7) is 3.77. The Kier molecular flexibility index (Phi) is 59.8. The van der Waals surface area contributed by atoms with E-state index < -0.39 is 49.5 Å². The van der Waals surface area contributed by atoms with Crippen molar-refractivity contribution in [2.45, 2.75) is 391 Å². The molecule has 1 amide bonds. The van der Waals surface area contributed by atoms with E-state index in [1.54, 1.807) is 0 Å². The number of ether oxygens (including phenoxy) is 2. The molecule has 6 N–H and O–H groups in total. The Bertz CT molecular complexity index is 1500. The Morgan fingerprint density at radius 1 is 0.422 bits per heavy atom. The molecular weight excluding hydrogens is 1030 g/mol. The van der Waals surface area contributed by atoms with E-state index in [1.165, 1.54) is 250 Å². The van der Waals surface area contributed by atoms with Gasteiger partial charge in [-0.25, -0.2) is 0 Å². The number of aliphatic hydroxyl groups is 5. The first-order chi connectivity index (χ1) is 40.8. The van der Waals surface area contributed by atoms with Crippen LogP contribution in [-0.2, 0) is 14.3 Å². The van der Waals surface area contributed by atoms with Gasteiger partial charge < -0.3 is 40.3 Å². The van der Waals surface area contributed by atoms with Gasteiger partial charge in [-0.3, -0.25) is 4.79 Å². The van der Waals surface area contributed by atoms with Crippen LogP contribution in [-0.4, -0.2) is 87.5 Å². The maximum Gasteiger partial charge on any atom is 0.220 e. The van der Waals surface area contributed by atoms with Gasteiger partial charge in [0.1, 0.15) is 24.4 Å². The number of amides is 1. The number of unbranched alkanes of at least 4 members (excludes halogenated alkanes) is 43. The fraction of sp³-hybridized carbons (Fsp3) is 0.851. The first kappa shape index (κ1) is 78.9. The minimum absolute atomic E-state index is 0.134. The molecule has 9 heteroatoms. The number of carbonyl (C=O) groups is 1. The molecule has 1 aliphatic rings. The molecule has 0 saturated carbocycles. The zero-order valence-corrected chi connectivity index (χ0v) is 54.5. The smallest absolute Gasteiger partial charge is 0.220 e. The molecular formula is C74H137NO8. The van der Waals surface area contributed by atoms with Gasteiger partial charge >= 0.3 is 0 Å². The van der Waals surface area contributed by atoms with Crippen molar-refractivity contribution >= 4 is 5.91 Å². The van der Waals surface area contributed by atoms with Gasteiger partial charge in [0.05, 0.1) is 25.4 Å². The van der Waals surface area contributed by atoms with Crippen LogP contribution >= 0.6 is 0 Å². The Labute approximate surface area is 513 Å². The number of hydrogen-bond donors (Lipinski definition) is 6. The lowest BCUT2D eigenvalue weighted by Gasteiger charge is -2.40. The highest BCUT2D eigenvalue weighted by Gasteiger charge is 2.44. The largest absolute Gasteiger partial charge is 0.394 e. The Balaban J connectivity index is 2.03. The number of carbonyl (C=O) groups excluding carboxylic acids is 1. The van der Waals surface area contributed by atoms with Gasteiger partial charge in [-0.05, 0) is 57.8 Å². The second kappa shape index (κ2) is 62.9. The maximum atomic E-state index is 13.1. The molecule has 0 aromatic carbocycles. The number of nitrogens with one attached hydrogen (secondary N) is 1. The van der Waals surface area contributed by atoms with E-state index in [1.807, 2.05) is 0 Å². The highest BCUT2D eigenvalue weighted by atomic mass is 16.7. The third kappa shape index (κ3) is 51.6. The van der Waals surface area contributed by atoms with Crippen molar-refractivity contribution in [3.63, 3.8) is 0 Å². The summed E-state index contributed by atoms with van der Waals surface area (Å²) in [6, 6.07) is -0.719. The first-order valence-corrected chi connectivity index (χ1v) is 36.0. The Hall–Kier alpha value is -2.11. The molecule has 486 valence electrons. The predicted molar refractivity (Wildman–Crippen MR) is 355 cm³/mol. The SMILES string of the molecule is CC/C=C\C/C=C\C/C=C\C/C=C\C/C=C\CCCCCCCCCCCCCCCCCCCCCCCCCCCC(=O)NC(COC1OC(CO)C(O)C(O)C1O)C(O)CCCCCCCCCCCCCCCCCCCCC. The van der Waals surface area contributed by atoms with Gasteiger partial charge in [-0.2, -0.15) is 0 Å². The van der Waals surface area contributed by atoms with Crippen LogP contribution in [0.15, 0.2) is 60.8 Å². The van der Waals surface area contributed by atoms with Crippen molar-refractivity contribution < 1.29 is 39.8 Å². The van der Waals surface area contributed by atoms with Crippen LogP contribution in [0.4, 0.5) is 0 Å². The summed E-state index contributed by atoms with van der Waals surface area (Å²) >= 11 is 0. The van der Waals surface area contributed by atoms with Crippen LogP contribution in [0.3, 0.4) is 0 Å². The molecule has 0 bridgehead atoms. The molecule has 0 aliphatic carbocycles. The lowest BCUT2D eigenvalue weighted by Crippen LogP contribution is -2.60. The van der Waals surface area contributed by atoms with Crippen molar-refractivity contribution in [3.05, 3.63) is 60.8 Å². The predicted octanol–water partition coefficient (Wildman–Crippen LogP) is 19.8. The van der Waals surface area contributed by atoms with E-state index in [0.717, 1.165) is 70.6 Å². The van der Waals surface area contributed by atoms with Crippen LogP contribution in [0.5, 0.6) is 0 Å². The fourth-order valence-electron chi connectivity index (χ4n) is 11.5. The summed E-state index contributed by atoms with van der Waals surface area (Å²) in [6.07, 6.45) is 80.2. The van der Waals surface area contributed by atoms with E-state index in [2.05, 4.69) is 79.9 Å². The summed E-state index contributed by atoms with van der Waals surface area (Å²) in [7, 11) is 0. The van der Waals surface area contributed by atoms with E-state index in [9.17, 15) is 30.3 Å². The van der Waals surface area contributed by atoms with Gasteiger partial charge in [-0.15, -0.1) is 0 Å². The molecule has 7 unspecified atom stereocenters. The number of aliphatic hydroxyl groups excluding tert-OH is 5. The summed E-state index contributed by atoms with van der Waals surface area (Å²) in [5.74, 6) is -0.137. The molecule has 83 heavy (non-hydrogen) atoms.